The van der Waals surface area contributed by atoms with Crippen LogP contribution in [0.25, 0.3) is 0 Å². The topological polar surface area (TPSA) is 0 Å². The molecule has 0 amide bonds. The van der Waals surface area contributed by atoms with Crippen molar-refractivity contribution >= 4 is 0 Å². The molecule has 0 aromatic heterocycles. The lowest BCUT2D eigenvalue weighted by Gasteiger charge is -2.05. The van der Waals surface area contributed by atoms with Crippen LogP contribution in [-0.2, 0) is 6.42 Å². The molecule has 0 unspecified atom stereocenters. The van der Waals surface area contributed by atoms with Crippen LogP contribution in [0.4, 0.5) is 0 Å². The first-order valence-electron chi connectivity index (χ1n) is 5.27. The van der Waals surface area contributed by atoms with Crippen LogP contribution in [0.1, 0.15) is 37.3 Å². The van der Waals surface area contributed by atoms with Crippen LogP contribution in [0.5, 0.6) is 0 Å². The Labute approximate surface area is 87.7 Å². The fourth-order valence-electron chi connectivity index (χ4n) is 1.44. The lowest BCUT2D eigenvalue weighted by Crippen LogP contribution is -1.88. The summed E-state index contributed by atoms with van der Waals surface area (Å²) in [6.07, 6.45) is 6.17. The van der Waals surface area contributed by atoms with Crippen molar-refractivity contribution in [3.63, 3.8) is 0 Å². The molecule has 0 N–H and O–H groups in total. The Bertz CT molecular complexity index is 277. The van der Waals surface area contributed by atoms with Crippen molar-refractivity contribution in [2.75, 3.05) is 0 Å². The zero-order valence-electron chi connectivity index (χ0n) is 9.16. The van der Waals surface area contributed by atoms with E-state index in [9.17, 15) is 0 Å². The predicted octanol–water partition coefficient (Wildman–Crippen LogP) is 4.13. The first kappa shape index (κ1) is 11.0. The van der Waals surface area contributed by atoms with Crippen molar-refractivity contribution in [1.29, 1.82) is 0 Å². The maximum absolute atomic E-state index is 3.67. The average Bonchev–Trinajstić information content (AvgIpc) is 2.19. The molecule has 0 bridgehead atoms. The molecule has 0 heterocycles. The highest BCUT2D eigenvalue weighted by Crippen LogP contribution is 2.15. The van der Waals surface area contributed by atoms with Gasteiger partial charge in [0.15, 0.2) is 0 Å². The van der Waals surface area contributed by atoms with Gasteiger partial charge in [-0.15, -0.1) is 0 Å². The standard InChI is InChI=1S/C14H19/c1-4-5-6-7-13-8-10-14(11-9-13)12(2)3/h4-5,8-12H,1,6-7H2,2-3H3/b5-4+. The zero-order valence-corrected chi connectivity index (χ0v) is 9.16. The number of hydrogen-bond donors (Lipinski definition) is 0. The quantitative estimate of drug-likeness (QED) is 0.664. The van der Waals surface area contributed by atoms with Gasteiger partial charge in [-0.2, -0.15) is 0 Å². The second-order valence-electron chi connectivity index (χ2n) is 3.91. The van der Waals surface area contributed by atoms with Crippen molar-refractivity contribution in [3.8, 4) is 0 Å². The Morgan fingerprint density at radius 1 is 1.21 bits per heavy atom. The monoisotopic (exact) mass is 187 g/mol. The van der Waals surface area contributed by atoms with Gasteiger partial charge in [0.2, 0.25) is 0 Å². The summed E-state index contributed by atoms with van der Waals surface area (Å²) in [4.78, 5) is 0. The van der Waals surface area contributed by atoms with Crippen LogP contribution < -0.4 is 0 Å². The third-order valence-corrected chi connectivity index (χ3v) is 2.41. The van der Waals surface area contributed by atoms with E-state index < -0.39 is 0 Å². The van der Waals surface area contributed by atoms with Crippen molar-refractivity contribution in [3.05, 3.63) is 54.5 Å². The molecule has 1 aromatic rings. The van der Waals surface area contributed by atoms with Gasteiger partial charge in [-0.1, -0.05) is 50.3 Å². The minimum Gasteiger partial charge on any atom is -0.0882 e. The zero-order chi connectivity index (χ0) is 10.4. The molecule has 1 radical (unpaired) electrons. The van der Waals surface area contributed by atoms with E-state index in [2.05, 4.69) is 51.1 Å². The first-order valence-corrected chi connectivity index (χ1v) is 5.27. The van der Waals surface area contributed by atoms with Crippen LogP contribution in [0, 0.1) is 6.92 Å². The minimum absolute atomic E-state index is 0.629. The van der Waals surface area contributed by atoms with E-state index in [4.69, 9.17) is 0 Å². The Hall–Kier alpha value is -1.04. The van der Waals surface area contributed by atoms with E-state index >= 15 is 0 Å². The molecule has 75 valence electrons. The molecule has 0 heteroatoms. The van der Waals surface area contributed by atoms with Crippen LogP contribution in [-0.4, -0.2) is 0 Å². The van der Waals surface area contributed by atoms with E-state index in [0.29, 0.717) is 5.92 Å². The maximum Gasteiger partial charge on any atom is -0.0219 e. The predicted molar refractivity (Wildman–Crippen MR) is 63.3 cm³/mol. The summed E-state index contributed by atoms with van der Waals surface area (Å²) in [5.74, 6) is 0.629. The molecule has 0 spiro atoms. The van der Waals surface area contributed by atoms with Gasteiger partial charge < -0.3 is 0 Å². The molecule has 0 aliphatic heterocycles. The van der Waals surface area contributed by atoms with Gasteiger partial charge in [-0.05, 0) is 36.8 Å². The Morgan fingerprint density at radius 2 is 1.86 bits per heavy atom. The SMILES string of the molecule is [CH2]/C=C/CCc1ccc(C(C)C)cc1. The first-order chi connectivity index (χ1) is 6.74. The second kappa shape index (κ2) is 5.64. The third kappa shape index (κ3) is 3.37. The van der Waals surface area contributed by atoms with Gasteiger partial charge in [-0.25, -0.2) is 0 Å². The molecule has 0 aliphatic carbocycles. The summed E-state index contributed by atoms with van der Waals surface area (Å²) in [5, 5.41) is 0. The Balaban J connectivity index is 2.55. The summed E-state index contributed by atoms with van der Waals surface area (Å²) in [5.41, 5.74) is 2.83. The summed E-state index contributed by atoms with van der Waals surface area (Å²) in [7, 11) is 0. The molecule has 0 aliphatic rings. The lowest BCUT2D eigenvalue weighted by atomic mass is 10.0. The highest BCUT2D eigenvalue weighted by Gasteiger charge is 1.97. The molecule has 14 heavy (non-hydrogen) atoms. The van der Waals surface area contributed by atoms with E-state index in [-0.39, 0.29) is 0 Å². The highest BCUT2D eigenvalue weighted by atomic mass is 14.0. The van der Waals surface area contributed by atoms with Gasteiger partial charge in [0, 0.05) is 0 Å². The van der Waals surface area contributed by atoms with Crippen molar-refractivity contribution in [2.24, 2.45) is 0 Å². The number of hydrogen-bond acceptors (Lipinski definition) is 0. The molecule has 0 fully saturated rings. The molecule has 0 saturated heterocycles. The number of benzene rings is 1. The normalized spacial score (nSPS) is 11.4. The van der Waals surface area contributed by atoms with E-state index in [1.807, 2.05) is 6.08 Å². The summed E-state index contributed by atoms with van der Waals surface area (Å²) < 4.78 is 0. The molecular weight excluding hydrogens is 168 g/mol. The van der Waals surface area contributed by atoms with Crippen molar-refractivity contribution in [2.45, 2.75) is 32.6 Å². The molecule has 0 saturated carbocycles. The van der Waals surface area contributed by atoms with Gasteiger partial charge in [0.05, 0.1) is 0 Å². The lowest BCUT2D eigenvalue weighted by molar-refractivity contribution is 0.863. The summed E-state index contributed by atoms with van der Waals surface area (Å²) in [6.45, 7) is 8.12. The van der Waals surface area contributed by atoms with Gasteiger partial charge in [-0.3, -0.25) is 0 Å². The van der Waals surface area contributed by atoms with Crippen molar-refractivity contribution < 1.29 is 0 Å². The molecule has 1 aromatic carbocycles. The highest BCUT2D eigenvalue weighted by molar-refractivity contribution is 5.24. The maximum atomic E-state index is 3.67. The Kier molecular flexibility index (Phi) is 4.45. The van der Waals surface area contributed by atoms with Crippen LogP contribution >= 0.6 is 0 Å². The molecule has 1 rings (SSSR count). The third-order valence-electron chi connectivity index (χ3n) is 2.41. The van der Waals surface area contributed by atoms with E-state index in [1.54, 1.807) is 0 Å². The van der Waals surface area contributed by atoms with E-state index in [0.717, 1.165) is 12.8 Å². The molecule has 0 atom stereocenters. The summed E-state index contributed by atoms with van der Waals surface area (Å²) in [6, 6.07) is 8.92. The molecule has 0 nitrogen and oxygen atoms in total. The van der Waals surface area contributed by atoms with Gasteiger partial charge in [0.1, 0.15) is 0 Å². The van der Waals surface area contributed by atoms with Crippen LogP contribution in [0.2, 0.25) is 0 Å². The fourth-order valence-corrected chi connectivity index (χ4v) is 1.44. The summed E-state index contributed by atoms with van der Waals surface area (Å²) >= 11 is 0. The average molecular weight is 187 g/mol. The second-order valence-corrected chi connectivity index (χ2v) is 3.91. The number of rotatable bonds is 4. The largest absolute Gasteiger partial charge is 0.0882 e. The Morgan fingerprint density at radius 3 is 2.36 bits per heavy atom. The number of aryl methyl sites for hydroxylation is 1. The van der Waals surface area contributed by atoms with Crippen LogP contribution in [0.3, 0.4) is 0 Å². The smallest absolute Gasteiger partial charge is 0.0219 e. The van der Waals surface area contributed by atoms with Gasteiger partial charge >= 0.3 is 0 Å². The van der Waals surface area contributed by atoms with E-state index in [1.165, 1.54) is 11.1 Å². The minimum atomic E-state index is 0.629. The number of allylic oxidation sites excluding steroid dienone is 2. The molecular formula is C14H19. The van der Waals surface area contributed by atoms with Gasteiger partial charge in [0.25, 0.3) is 0 Å². The fraction of sp³-hybridized carbons (Fsp3) is 0.357. The van der Waals surface area contributed by atoms with Crippen LogP contribution in [0.15, 0.2) is 36.4 Å². The van der Waals surface area contributed by atoms with Crippen molar-refractivity contribution in [1.82, 2.24) is 0 Å².